The summed E-state index contributed by atoms with van der Waals surface area (Å²) in [5.41, 5.74) is 2.03. The molecule has 0 bridgehead atoms. The zero-order chi connectivity index (χ0) is 16.6. The summed E-state index contributed by atoms with van der Waals surface area (Å²) in [7, 11) is 0. The standard InChI is InChI=1S/C18H19NO2S2/c1-11(2)10-19-17(20)16(23-18(19)22)9-14-8-13-6-4-5-7-15(13)21-12(14)3/h4-9,11-12H,10H2,1-3H3. The van der Waals surface area contributed by atoms with Crippen LogP contribution in [-0.4, -0.2) is 27.8 Å². The van der Waals surface area contributed by atoms with Crippen LogP contribution in [0, 0.1) is 5.92 Å². The van der Waals surface area contributed by atoms with Crippen LogP contribution in [0.4, 0.5) is 0 Å². The van der Waals surface area contributed by atoms with Gasteiger partial charge in [0.05, 0.1) is 4.91 Å². The van der Waals surface area contributed by atoms with Gasteiger partial charge >= 0.3 is 0 Å². The van der Waals surface area contributed by atoms with Crippen LogP contribution >= 0.6 is 24.0 Å². The van der Waals surface area contributed by atoms with Gasteiger partial charge in [0.25, 0.3) is 5.91 Å². The summed E-state index contributed by atoms with van der Waals surface area (Å²) < 4.78 is 6.57. The Bertz CT molecular complexity index is 721. The van der Waals surface area contributed by atoms with Crippen molar-refractivity contribution in [3.63, 3.8) is 0 Å². The number of benzene rings is 1. The van der Waals surface area contributed by atoms with Gasteiger partial charge in [0.15, 0.2) is 0 Å². The molecule has 5 heteroatoms. The molecule has 3 rings (SSSR count). The highest BCUT2D eigenvalue weighted by Crippen LogP contribution is 2.35. The van der Waals surface area contributed by atoms with E-state index in [4.69, 9.17) is 17.0 Å². The van der Waals surface area contributed by atoms with Crippen LogP contribution in [0.25, 0.3) is 6.08 Å². The molecule has 1 fully saturated rings. The predicted octanol–water partition coefficient (Wildman–Crippen LogP) is 4.25. The van der Waals surface area contributed by atoms with Crippen LogP contribution < -0.4 is 4.74 Å². The van der Waals surface area contributed by atoms with Crippen molar-refractivity contribution in [1.29, 1.82) is 0 Å². The van der Waals surface area contributed by atoms with Crippen LogP contribution in [-0.2, 0) is 4.79 Å². The average Bonchev–Trinajstić information content (AvgIpc) is 2.75. The van der Waals surface area contributed by atoms with Gasteiger partial charge < -0.3 is 4.74 Å². The Morgan fingerprint density at radius 3 is 2.87 bits per heavy atom. The molecule has 1 saturated heterocycles. The second-order valence-corrected chi connectivity index (χ2v) is 7.80. The first kappa shape index (κ1) is 16.3. The van der Waals surface area contributed by atoms with E-state index in [-0.39, 0.29) is 12.0 Å². The van der Waals surface area contributed by atoms with Crippen molar-refractivity contribution in [2.24, 2.45) is 5.92 Å². The van der Waals surface area contributed by atoms with Gasteiger partial charge in [-0.2, -0.15) is 0 Å². The Labute approximate surface area is 146 Å². The lowest BCUT2D eigenvalue weighted by atomic mass is 10.0. The minimum Gasteiger partial charge on any atom is -0.485 e. The molecule has 1 unspecified atom stereocenters. The number of hydrogen-bond donors (Lipinski definition) is 0. The molecule has 23 heavy (non-hydrogen) atoms. The lowest BCUT2D eigenvalue weighted by Gasteiger charge is -2.23. The molecule has 1 aromatic carbocycles. The number of thiocarbonyl (C=S) groups is 1. The fraction of sp³-hybridized carbons (Fsp3) is 0.333. The van der Waals surface area contributed by atoms with Gasteiger partial charge in [-0.05, 0) is 36.6 Å². The van der Waals surface area contributed by atoms with Crippen LogP contribution in [0.2, 0.25) is 0 Å². The summed E-state index contributed by atoms with van der Waals surface area (Å²) in [6, 6.07) is 7.91. The summed E-state index contributed by atoms with van der Waals surface area (Å²) in [5.74, 6) is 1.27. The van der Waals surface area contributed by atoms with E-state index in [1.807, 2.05) is 37.3 Å². The Kier molecular flexibility index (Phi) is 4.60. The molecule has 3 nitrogen and oxygen atoms in total. The summed E-state index contributed by atoms with van der Waals surface area (Å²) in [4.78, 5) is 14.9. The summed E-state index contributed by atoms with van der Waals surface area (Å²) in [6.07, 6.45) is 3.91. The highest BCUT2D eigenvalue weighted by molar-refractivity contribution is 8.26. The molecule has 0 saturated carbocycles. The van der Waals surface area contributed by atoms with Crippen molar-refractivity contribution in [3.05, 3.63) is 46.4 Å². The van der Waals surface area contributed by atoms with Crippen molar-refractivity contribution in [1.82, 2.24) is 4.90 Å². The number of nitrogens with zero attached hydrogens (tertiary/aromatic N) is 1. The Hall–Kier alpha value is -1.59. The molecule has 1 amide bonds. The first-order valence-electron chi connectivity index (χ1n) is 7.68. The molecule has 0 aliphatic carbocycles. The number of hydrogen-bond acceptors (Lipinski definition) is 4. The fourth-order valence-electron chi connectivity index (χ4n) is 2.60. The molecule has 120 valence electrons. The molecule has 1 aromatic rings. The number of thioether (sulfide) groups is 1. The van der Waals surface area contributed by atoms with E-state index in [2.05, 4.69) is 19.9 Å². The van der Waals surface area contributed by atoms with E-state index in [0.717, 1.165) is 16.9 Å². The Balaban J connectivity index is 1.89. The van der Waals surface area contributed by atoms with Gasteiger partial charge in [-0.3, -0.25) is 9.69 Å². The quantitative estimate of drug-likeness (QED) is 0.605. The topological polar surface area (TPSA) is 29.5 Å². The number of para-hydroxylation sites is 1. The highest BCUT2D eigenvalue weighted by Gasteiger charge is 2.33. The van der Waals surface area contributed by atoms with E-state index >= 15 is 0 Å². The molecule has 2 aliphatic heterocycles. The maximum atomic E-state index is 12.6. The van der Waals surface area contributed by atoms with E-state index in [1.54, 1.807) is 4.90 Å². The normalized spacial score (nSPS) is 22.4. The predicted molar refractivity (Wildman–Crippen MR) is 99.3 cm³/mol. The van der Waals surface area contributed by atoms with Crippen molar-refractivity contribution >= 4 is 40.3 Å². The third-order valence-electron chi connectivity index (χ3n) is 3.73. The average molecular weight is 345 g/mol. The maximum absolute atomic E-state index is 12.6. The molecule has 2 heterocycles. The summed E-state index contributed by atoms with van der Waals surface area (Å²) in [6.45, 7) is 6.82. The lowest BCUT2D eigenvalue weighted by molar-refractivity contribution is -0.122. The SMILES string of the molecule is CC(C)CN1C(=O)C(=CC2=Cc3ccccc3OC2C)SC1=S. The maximum Gasteiger partial charge on any atom is 0.266 e. The van der Waals surface area contributed by atoms with Gasteiger partial charge in [0.1, 0.15) is 16.2 Å². The van der Waals surface area contributed by atoms with Crippen LogP contribution in [0.3, 0.4) is 0 Å². The van der Waals surface area contributed by atoms with Crippen molar-refractivity contribution in [3.8, 4) is 5.75 Å². The number of amides is 1. The zero-order valence-corrected chi connectivity index (χ0v) is 15.0. The molecule has 0 radical (unpaired) electrons. The minimum absolute atomic E-state index is 0.000610. The molecular formula is C18H19NO2S2. The summed E-state index contributed by atoms with van der Waals surface area (Å²) >= 11 is 6.72. The van der Waals surface area contributed by atoms with Gasteiger partial charge in [-0.1, -0.05) is 56.0 Å². The molecule has 2 aliphatic rings. The molecular weight excluding hydrogens is 326 g/mol. The van der Waals surface area contributed by atoms with Gasteiger partial charge in [0, 0.05) is 12.1 Å². The van der Waals surface area contributed by atoms with Gasteiger partial charge in [0.2, 0.25) is 0 Å². The number of carbonyl (C=O) groups is 1. The van der Waals surface area contributed by atoms with Gasteiger partial charge in [-0.15, -0.1) is 0 Å². The van der Waals surface area contributed by atoms with Crippen LogP contribution in [0.5, 0.6) is 5.75 Å². The largest absolute Gasteiger partial charge is 0.485 e. The molecule has 0 N–H and O–H groups in total. The molecule has 0 aromatic heterocycles. The monoisotopic (exact) mass is 345 g/mol. The molecule has 1 atom stereocenters. The third kappa shape index (κ3) is 3.35. The first-order valence-corrected chi connectivity index (χ1v) is 8.91. The van der Waals surface area contributed by atoms with E-state index < -0.39 is 0 Å². The number of ether oxygens (including phenoxy) is 1. The summed E-state index contributed by atoms with van der Waals surface area (Å²) in [5, 5.41) is 0. The number of rotatable bonds is 3. The number of fused-ring (bicyclic) bond motifs is 1. The second-order valence-electron chi connectivity index (χ2n) is 6.13. The van der Waals surface area contributed by atoms with E-state index in [9.17, 15) is 4.79 Å². The highest BCUT2D eigenvalue weighted by atomic mass is 32.2. The molecule has 0 spiro atoms. The van der Waals surface area contributed by atoms with Gasteiger partial charge in [-0.25, -0.2) is 0 Å². The Morgan fingerprint density at radius 1 is 1.39 bits per heavy atom. The lowest BCUT2D eigenvalue weighted by Crippen LogP contribution is -2.31. The first-order chi connectivity index (χ1) is 11.0. The number of carbonyl (C=O) groups excluding carboxylic acids is 1. The third-order valence-corrected chi connectivity index (χ3v) is 5.11. The van der Waals surface area contributed by atoms with Crippen molar-refractivity contribution in [2.75, 3.05) is 6.54 Å². The van der Waals surface area contributed by atoms with E-state index in [0.29, 0.717) is 21.7 Å². The fourth-order valence-corrected chi connectivity index (χ4v) is 3.87. The van der Waals surface area contributed by atoms with Crippen LogP contribution in [0.1, 0.15) is 26.3 Å². The second kappa shape index (κ2) is 6.49. The minimum atomic E-state index is -0.0847. The smallest absolute Gasteiger partial charge is 0.266 e. The Morgan fingerprint density at radius 2 is 2.13 bits per heavy atom. The van der Waals surface area contributed by atoms with Crippen LogP contribution in [0.15, 0.2) is 40.8 Å². The van der Waals surface area contributed by atoms with Crippen molar-refractivity contribution < 1.29 is 9.53 Å². The van der Waals surface area contributed by atoms with E-state index in [1.165, 1.54) is 11.8 Å². The zero-order valence-electron chi connectivity index (χ0n) is 13.4. The van der Waals surface area contributed by atoms with Crippen molar-refractivity contribution in [2.45, 2.75) is 26.9 Å².